The Kier molecular flexibility index (Phi) is 6.37. The van der Waals surface area contributed by atoms with E-state index in [4.69, 9.17) is 9.47 Å². The van der Waals surface area contributed by atoms with Crippen LogP contribution in [0.25, 0.3) is 0 Å². The first kappa shape index (κ1) is 21.1. The van der Waals surface area contributed by atoms with Crippen LogP contribution in [0, 0.1) is 0 Å². The summed E-state index contributed by atoms with van der Waals surface area (Å²) in [4.78, 5) is 27.8. The molecule has 2 aliphatic rings. The zero-order valence-electron chi connectivity index (χ0n) is 17.6. The van der Waals surface area contributed by atoms with Crippen LogP contribution < -0.4 is 4.74 Å². The predicted molar refractivity (Wildman–Crippen MR) is 116 cm³/mol. The highest BCUT2D eigenvalue weighted by atomic mass is 16.5. The second-order valence-corrected chi connectivity index (χ2v) is 7.94. The summed E-state index contributed by atoms with van der Waals surface area (Å²) >= 11 is 0. The van der Waals surface area contributed by atoms with Crippen molar-refractivity contribution in [1.29, 1.82) is 0 Å². The zero-order valence-corrected chi connectivity index (χ0v) is 17.6. The molecule has 2 heterocycles. The van der Waals surface area contributed by atoms with Crippen molar-refractivity contribution in [2.75, 3.05) is 20.3 Å². The van der Waals surface area contributed by atoms with Gasteiger partial charge in [-0.3, -0.25) is 9.59 Å². The average Bonchev–Trinajstić information content (AvgIpc) is 3.40. The van der Waals surface area contributed by atoms with Gasteiger partial charge >= 0.3 is 0 Å². The predicted octanol–water partition coefficient (Wildman–Crippen LogP) is 3.77. The van der Waals surface area contributed by atoms with Gasteiger partial charge in [0.1, 0.15) is 5.75 Å². The van der Waals surface area contributed by atoms with Crippen molar-refractivity contribution in [3.8, 4) is 5.75 Å². The Morgan fingerprint density at radius 3 is 2.71 bits per heavy atom. The second kappa shape index (κ2) is 9.35. The van der Waals surface area contributed by atoms with Crippen LogP contribution in [0.5, 0.6) is 5.75 Å². The number of ether oxygens (including phenoxy) is 2. The maximum absolute atomic E-state index is 13.2. The van der Waals surface area contributed by atoms with Crippen LogP contribution in [-0.2, 0) is 20.7 Å². The number of ketones is 1. The summed E-state index contributed by atoms with van der Waals surface area (Å²) in [5.74, 6) is -0.572. The SMILES string of the molecule is COc1cccc(C2C(C(=O)CCc3ccccc3)=C(O)C(=O)N2CC2CCCO2)c1. The smallest absolute Gasteiger partial charge is 0.290 e. The van der Waals surface area contributed by atoms with Gasteiger partial charge in [0.2, 0.25) is 0 Å². The maximum Gasteiger partial charge on any atom is 0.290 e. The Hall–Kier alpha value is -3.12. The van der Waals surface area contributed by atoms with E-state index in [0.717, 1.165) is 24.0 Å². The van der Waals surface area contributed by atoms with E-state index in [1.54, 1.807) is 12.0 Å². The first-order valence-electron chi connectivity index (χ1n) is 10.6. The second-order valence-electron chi connectivity index (χ2n) is 7.94. The van der Waals surface area contributed by atoms with Gasteiger partial charge in [-0.1, -0.05) is 42.5 Å². The van der Waals surface area contributed by atoms with Crippen LogP contribution in [0.2, 0.25) is 0 Å². The lowest BCUT2D eigenvalue weighted by atomic mass is 9.93. The average molecular weight is 421 g/mol. The number of aliphatic hydroxyl groups excluding tert-OH is 1. The molecule has 31 heavy (non-hydrogen) atoms. The molecule has 2 aromatic rings. The molecule has 4 rings (SSSR count). The van der Waals surface area contributed by atoms with Gasteiger partial charge in [0, 0.05) is 19.6 Å². The van der Waals surface area contributed by atoms with E-state index in [2.05, 4.69) is 0 Å². The van der Waals surface area contributed by atoms with E-state index in [-0.39, 0.29) is 23.9 Å². The molecule has 0 radical (unpaired) electrons. The monoisotopic (exact) mass is 421 g/mol. The number of benzene rings is 2. The Labute approximate surface area is 182 Å². The highest BCUT2D eigenvalue weighted by Crippen LogP contribution is 2.40. The van der Waals surface area contributed by atoms with E-state index in [1.807, 2.05) is 54.6 Å². The molecular formula is C25H27NO5. The molecule has 0 bridgehead atoms. The van der Waals surface area contributed by atoms with Crippen LogP contribution in [0.1, 0.15) is 36.4 Å². The van der Waals surface area contributed by atoms with Crippen LogP contribution in [0.3, 0.4) is 0 Å². The van der Waals surface area contributed by atoms with Crippen LogP contribution >= 0.6 is 0 Å². The number of carbonyl (C=O) groups is 2. The van der Waals surface area contributed by atoms with Crippen molar-refractivity contribution in [2.45, 2.75) is 37.8 Å². The third kappa shape index (κ3) is 4.49. The van der Waals surface area contributed by atoms with Crippen molar-refractivity contribution >= 4 is 11.7 Å². The largest absolute Gasteiger partial charge is 0.503 e. The molecule has 6 heteroatoms. The Morgan fingerprint density at radius 1 is 1.19 bits per heavy atom. The highest BCUT2D eigenvalue weighted by molar-refractivity contribution is 6.09. The molecule has 1 saturated heterocycles. The molecule has 0 spiro atoms. The molecule has 2 aromatic carbocycles. The van der Waals surface area contributed by atoms with Crippen molar-refractivity contribution in [3.63, 3.8) is 0 Å². The van der Waals surface area contributed by atoms with Gasteiger partial charge in [-0.2, -0.15) is 0 Å². The molecule has 1 fully saturated rings. The van der Waals surface area contributed by atoms with E-state index >= 15 is 0 Å². The fourth-order valence-corrected chi connectivity index (χ4v) is 4.33. The third-order valence-corrected chi connectivity index (χ3v) is 5.92. The van der Waals surface area contributed by atoms with Gasteiger partial charge < -0.3 is 19.5 Å². The minimum Gasteiger partial charge on any atom is -0.503 e. The van der Waals surface area contributed by atoms with E-state index < -0.39 is 17.7 Å². The molecule has 162 valence electrons. The van der Waals surface area contributed by atoms with Gasteiger partial charge in [-0.15, -0.1) is 0 Å². The lowest BCUT2D eigenvalue weighted by Gasteiger charge is -2.29. The van der Waals surface area contributed by atoms with Crippen LogP contribution in [0.4, 0.5) is 0 Å². The molecule has 0 saturated carbocycles. The minimum absolute atomic E-state index is 0.0939. The number of amides is 1. The van der Waals surface area contributed by atoms with E-state index in [9.17, 15) is 14.7 Å². The lowest BCUT2D eigenvalue weighted by Crippen LogP contribution is -2.37. The number of rotatable bonds is 8. The molecule has 1 N–H and O–H groups in total. The summed E-state index contributed by atoms with van der Waals surface area (Å²) in [6, 6.07) is 16.4. The van der Waals surface area contributed by atoms with Crippen molar-refractivity contribution in [3.05, 3.63) is 77.1 Å². The number of hydrogen-bond acceptors (Lipinski definition) is 5. The van der Waals surface area contributed by atoms with Gasteiger partial charge in [0.25, 0.3) is 5.91 Å². The summed E-state index contributed by atoms with van der Waals surface area (Å²) in [7, 11) is 1.57. The maximum atomic E-state index is 13.2. The molecule has 0 aromatic heterocycles. The van der Waals surface area contributed by atoms with E-state index in [1.165, 1.54) is 0 Å². The summed E-state index contributed by atoms with van der Waals surface area (Å²) in [6.45, 7) is 0.999. The van der Waals surface area contributed by atoms with Gasteiger partial charge in [-0.05, 0) is 42.5 Å². The number of aryl methyl sites for hydroxylation is 1. The standard InChI is InChI=1S/C25H27NO5/c1-30-19-10-5-9-18(15-19)23-22(21(27)13-12-17-7-3-2-4-8-17)24(28)25(29)26(23)16-20-11-6-14-31-20/h2-5,7-10,15,20,23,28H,6,11-14,16H2,1H3. The molecule has 1 amide bonds. The van der Waals surface area contributed by atoms with Crippen molar-refractivity contribution in [1.82, 2.24) is 4.90 Å². The van der Waals surface area contributed by atoms with Gasteiger partial charge in [0.05, 0.1) is 24.8 Å². The number of nitrogens with zero attached hydrogens (tertiary/aromatic N) is 1. The summed E-state index contributed by atoms with van der Waals surface area (Å²) < 4.78 is 11.1. The van der Waals surface area contributed by atoms with Crippen molar-refractivity contribution in [2.24, 2.45) is 0 Å². The fourth-order valence-electron chi connectivity index (χ4n) is 4.33. The van der Waals surface area contributed by atoms with Crippen LogP contribution in [-0.4, -0.2) is 48.1 Å². The topological polar surface area (TPSA) is 76.1 Å². The number of carbonyl (C=O) groups excluding carboxylic acids is 2. The summed E-state index contributed by atoms with van der Waals surface area (Å²) in [5, 5.41) is 10.7. The lowest BCUT2D eigenvalue weighted by molar-refractivity contribution is -0.131. The number of hydrogen-bond donors (Lipinski definition) is 1. The molecule has 2 unspecified atom stereocenters. The highest BCUT2D eigenvalue weighted by Gasteiger charge is 2.44. The first-order valence-corrected chi connectivity index (χ1v) is 10.6. The van der Waals surface area contributed by atoms with Crippen LogP contribution in [0.15, 0.2) is 65.9 Å². The normalized spacial score (nSPS) is 21.1. The molecular weight excluding hydrogens is 394 g/mol. The third-order valence-electron chi connectivity index (χ3n) is 5.92. The van der Waals surface area contributed by atoms with Gasteiger partial charge in [0.15, 0.2) is 11.5 Å². The Balaban J connectivity index is 1.64. The Bertz CT molecular complexity index is 978. The molecule has 2 aliphatic heterocycles. The minimum atomic E-state index is -0.657. The number of Topliss-reactive ketones (excluding diaryl/α,β-unsaturated/α-hetero) is 1. The Morgan fingerprint density at radius 2 is 2.00 bits per heavy atom. The van der Waals surface area contributed by atoms with Gasteiger partial charge in [-0.25, -0.2) is 0 Å². The number of aliphatic hydroxyl groups is 1. The fraction of sp³-hybridized carbons (Fsp3) is 0.360. The molecule has 6 nitrogen and oxygen atoms in total. The summed E-state index contributed by atoms with van der Waals surface area (Å²) in [6.07, 6.45) is 2.46. The summed E-state index contributed by atoms with van der Waals surface area (Å²) in [5.41, 5.74) is 1.93. The number of methoxy groups -OCH3 is 1. The first-order chi connectivity index (χ1) is 15.1. The van der Waals surface area contributed by atoms with E-state index in [0.29, 0.717) is 25.3 Å². The van der Waals surface area contributed by atoms with Crippen molar-refractivity contribution < 1.29 is 24.2 Å². The zero-order chi connectivity index (χ0) is 21.8. The quantitative estimate of drug-likeness (QED) is 0.702. The molecule has 2 atom stereocenters. The molecule has 0 aliphatic carbocycles.